The minimum atomic E-state index is -0.844. The average Bonchev–Trinajstić information content (AvgIpc) is 2.49. The monoisotopic (exact) mass is 306 g/mol. The fraction of sp³-hybridized carbons (Fsp3) is 0.375. The molecule has 120 valence electrons. The Kier molecular flexibility index (Phi) is 7.28. The van der Waals surface area contributed by atoms with E-state index < -0.39 is 17.9 Å². The smallest absolute Gasteiger partial charge is 0.320 e. The van der Waals surface area contributed by atoms with Crippen molar-refractivity contribution in [2.45, 2.75) is 32.9 Å². The molecular weight excluding hydrogens is 284 g/mol. The lowest BCUT2D eigenvalue weighted by molar-refractivity contribution is -0.140. The van der Waals surface area contributed by atoms with Crippen LogP contribution in [0, 0.1) is 5.92 Å². The Bertz CT molecular complexity index is 523. The van der Waals surface area contributed by atoms with Gasteiger partial charge < -0.3 is 10.4 Å². The number of rotatable bonds is 8. The Labute approximate surface area is 129 Å². The molecule has 0 aromatic heterocycles. The summed E-state index contributed by atoms with van der Waals surface area (Å²) in [7, 11) is 0. The van der Waals surface area contributed by atoms with Crippen molar-refractivity contribution in [1.29, 1.82) is 0 Å². The van der Waals surface area contributed by atoms with Crippen LogP contribution in [-0.4, -0.2) is 28.2 Å². The first-order valence-electron chi connectivity index (χ1n) is 7.09. The summed E-state index contributed by atoms with van der Waals surface area (Å²) < 4.78 is 0. The molecule has 22 heavy (non-hydrogen) atoms. The highest BCUT2D eigenvalue weighted by molar-refractivity contribution is 5.90. The molecule has 0 saturated carbocycles. The van der Waals surface area contributed by atoms with E-state index in [4.69, 9.17) is 10.3 Å². The molecular formula is C16H22N2O4. The van der Waals surface area contributed by atoms with Gasteiger partial charge in [-0.15, -0.1) is 0 Å². The highest BCUT2D eigenvalue weighted by Gasteiger charge is 2.17. The van der Waals surface area contributed by atoms with Gasteiger partial charge in [-0.2, -0.15) is 0 Å². The van der Waals surface area contributed by atoms with Crippen LogP contribution in [0.25, 0.3) is 6.08 Å². The summed E-state index contributed by atoms with van der Waals surface area (Å²) in [4.78, 5) is 22.0. The van der Waals surface area contributed by atoms with Crippen LogP contribution in [0.2, 0.25) is 0 Å². The summed E-state index contributed by atoms with van der Waals surface area (Å²) in [6.07, 6.45) is 3.37. The Hall–Kier alpha value is -2.18. The van der Waals surface area contributed by atoms with Crippen molar-refractivity contribution in [3.05, 3.63) is 41.5 Å². The molecule has 0 heterocycles. The first-order valence-corrected chi connectivity index (χ1v) is 7.09. The summed E-state index contributed by atoms with van der Waals surface area (Å²) in [6.45, 7) is 4.44. The summed E-state index contributed by atoms with van der Waals surface area (Å²) in [5.74, 6) is -1.13. The molecule has 0 aliphatic rings. The van der Waals surface area contributed by atoms with Crippen molar-refractivity contribution in [3.63, 3.8) is 0 Å². The van der Waals surface area contributed by atoms with E-state index in [1.165, 1.54) is 11.6 Å². The molecule has 0 aliphatic carbocycles. The van der Waals surface area contributed by atoms with Crippen molar-refractivity contribution < 1.29 is 19.9 Å². The van der Waals surface area contributed by atoms with Crippen molar-refractivity contribution in [2.24, 2.45) is 5.92 Å². The Morgan fingerprint density at radius 2 is 1.86 bits per heavy atom. The lowest BCUT2D eigenvalue weighted by Crippen LogP contribution is -2.37. The first kappa shape index (κ1) is 17.9. The van der Waals surface area contributed by atoms with Gasteiger partial charge in [0.2, 0.25) is 0 Å². The van der Waals surface area contributed by atoms with E-state index in [1.807, 2.05) is 38.1 Å². The number of nitrogens with one attached hydrogen (secondary N) is 2. The second kappa shape index (κ2) is 8.96. The van der Waals surface area contributed by atoms with E-state index in [2.05, 4.69) is 5.32 Å². The zero-order valence-corrected chi connectivity index (χ0v) is 12.7. The summed E-state index contributed by atoms with van der Waals surface area (Å²) in [5, 5.41) is 20.6. The highest BCUT2D eigenvalue weighted by Crippen LogP contribution is 2.09. The van der Waals surface area contributed by atoms with Gasteiger partial charge in [-0.25, -0.2) is 5.48 Å². The molecule has 0 radical (unpaired) electrons. The second-order valence-electron chi connectivity index (χ2n) is 5.45. The van der Waals surface area contributed by atoms with Gasteiger partial charge in [0, 0.05) is 12.6 Å². The van der Waals surface area contributed by atoms with Gasteiger partial charge >= 0.3 is 5.97 Å². The molecule has 1 aromatic rings. The topological polar surface area (TPSA) is 98.7 Å². The average molecular weight is 306 g/mol. The molecule has 4 N–H and O–H groups in total. The normalized spacial score (nSPS) is 12.5. The minimum Gasteiger partial charge on any atom is -0.480 e. The van der Waals surface area contributed by atoms with Gasteiger partial charge in [-0.05, 0) is 29.5 Å². The number of aliphatic carboxylic acids is 1. The molecule has 0 unspecified atom stereocenters. The number of carbonyl (C=O) groups excluding carboxylic acids is 1. The number of carboxylic acids is 1. The summed E-state index contributed by atoms with van der Waals surface area (Å²) in [5.41, 5.74) is 3.28. The van der Waals surface area contributed by atoms with Crippen molar-refractivity contribution in [3.8, 4) is 0 Å². The highest BCUT2D eigenvalue weighted by atomic mass is 16.5. The van der Waals surface area contributed by atoms with Crippen molar-refractivity contribution in [2.75, 3.05) is 0 Å². The first-order chi connectivity index (χ1) is 10.4. The maximum absolute atomic E-state index is 11.2. The number of hydrogen-bond acceptors (Lipinski definition) is 4. The van der Waals surface area contributed by atoms with Crippen LogP contribution >= 0.6 is 0 Å². The third-order valence-electron chi connectivity index (χ3n) is 3.07. The van der Waals surface area contributed by atoms with Gasteiger partial charge in [0.05, 0.1) is 0 Å². The zero-order chi connectivity index (χ0) is 16.5. The van der Waals surface area contributed by atoms with Gasteiger partial charge in [0.1, 0.15) is 6.04 Å². The SMILES string of the molecule is CC(C)C[C@@H](NCc1ccc(C=CC(=O)NO)cc1)C(=O)O. The van der Waals surface area contributed by atoms with Crippen molar-refractivity contribution in [1.82, 2.24) is 10.8 Å². The largest absolute Gasteiger partial charge is 0.480 e. The minimum absolute atomic E-state index is 0.304. The molecule has 1 rings (SSSR count). The van der Waals surface area contributed by atoms with Crippen LogP contribution in [0.5, 0.6) is 0 Å². The van der Waals surface area contributed by atoms with E-state index in [9.17, 15) is 9.59 Å². The number of benzene rings is 1. The van der Waals surface area contributed by atoms with Crippen LogP contribution in [-0.2, 0) is 16.1 Å². The van der Waals surface area contributed by atoms with Crippen LogP contribution in [0.1, 0.15) is 31.4 Å². The molecule has 1 atom stereocenters. The Morgan fingerprint density at radius 1 is 1.23 bits per heavy atom. The van der Waals surface area contributed by atoms with E-state index in [-0.39, 0.29) is 0 Å². The molecule has 1 amide bonds. The van der Waals surface area contributed by atoms with Gasteiger partial charge in [-0.1, -0.05) is 38.1 Å². The molecule has 1 aromatic carbocycles. The second-order valence-corrected chi connectivity index (χ2v) is 5.45. The molecule has 0 saturated heterocycles. The standard InChI is InChI=1S/C16H22N2O4/c1-11(2)9-14(16(20)21)17-10-13-5-3-12(4-6-13)7-8-15(19)18-22/h3-8,11,14,17,22H,9-10H2,1-2H3,(H,18,19)(H,20,21)/t14-/m1/s1. The van der Waals surface area contributed by atoms with Crippen LogP contribution in [0.15, 0.2) is 30.3 Å². The lowest BCUT2D eigenvalue weighted by atomic mass is 10.0. The zero-order valence-electron chi connectivity index (χ0n) is 12.7. The maximum Gasteiger partial charge on any atom is 0.320 e. The third-order valence-corrected chi connectivity index (χ3v) is 3.07. The lowest BCUT2D eigenvalue weighted by Gasteiger charge is -2.16. The fourth-order valence-corrected chi connectivity index (χ4v) is 1.94. The van der Waals surface area contributed by atoms with E-state index >= 15 is 0 Å². The van der Waals surface area contributed by atoms with Crippen LogP contribution < -0.4 is 10.8 Å². The van der Waals surface area contributed by atoms with E-state index in [1.54, 1.807) is 6.08 Å². The Balaban J connectivity index is 2.58. The maximum atomic E-state index is 11.2. The molecule has 0 spiro atoms. The van der Waals surface area contributed by atoms with E-state index in [0.29, 0.717) is 18.9 Å². The molecule has 6 heteroatoms. The van der Waals surface area contributed by atoms with Gasteiger partial charge in [0.25, 0.3) is 5.91 Å². The van der Waals surface area contributed by atoms with Crippen LogP contribution in [0.3, 0.4) is 0 Å². The fourth-order valence-electron chi connectivity index (χ4n) is 1.94. The van der Waals surface area contributed by atoms with Gasteiger partial charge in [-0.3, -0.25) is 14.8 Å². The number of hydroxylamine groups is 1. The molecule has 0 bridgehead atoms. The molecule has 6 nitrogen and oxygen atoms in total. The third kappa shape index (κ3) is 6.51. The number of carboxylic acid groups (broad SMARTS) is 1. The predicted molar refractivity (Wildman–Crippen MR) is 83.1 cm³/mol. The van der Waals surface area contributed by atoms with Crippen molar-refractivity contribution >= 4 is 18.0 Å². The quantitative estimate of drug-likeness (QED) is 0.333. The Morgan fingerprint density at radius 3 is 2.36 bits per heavy atom. The van der Waals surface area contributed by atoms with E-state index in [0.717, 1.165) is 11.1 Å². The molecule has 0 fully saturated rings. The predicted octanol–water partition coefficient (Wildman–Crippen LogP) is 1.79. The van der Waals surface area contributed by atoms with Crippen LogP contribution in [0.4, 0.5) is 0 Å². The number of hydrogen-bond donors (Lipinski definition) is 4. The number of amides is 1. The number of carbonyl (C=O) groups is 2. The summed E-state index contributed by atoms with van der Waals surface area (Å²) >= 11 is 0. The molecule has 0 aliphatic heterocycles. The summed E-state index contributed by atoms with van der Waals surface area (Å²) in [6, 6.07) is 6.79. The van der Waals surface area contributed by atoms with Gasteiger partial charge in [0.15, 0.2) is 0 Å².